The molecule has 3 aromatic heterocycles. The minimum atomic E-state index is -0.687. The van der Waals surface area contributed by atoms with Crippen LogP contribution in [0.2, 0.25) is 0 Å². The van der Waals surface area contributed by atoms with Gasteiger partial charge in [-0.05, 0) is 36.8 Å². The summed E-state index contributed by atoms with van der Waals surface area (Å²) in [7, 11) is 1.55. The maximum absolute atomic E-state index is 12.8. The van der Waals surface area contributed by atoms with Crippen molar-refractivity contribution in [2.75, 3.05) is 13.7 Å². The van der Waals surface area contributed by atoms with Crippen molar-refractivity contribution in [2.45, 2.75) is 25.7 Å². The summed E-state index contributed by atoms with van der Waals surface area (Å²) in [5, 5.41) is 17.1. The van der Waals surface area contributed by atoms with Gasteiger partial charge < -0.3 is 24.1 Å². The lowest BCUT2D eigenvalue weighted by molar-refractivity contribution is -0.121. The van der Waals surface area contributed by atoms with Gasteiger partial charge in [-0.2, -0.15) is 4.98 Å². The van der Waals surface area contributed by atoms with Crippen molar-refractivity contribution in [2.24, 2.45) is 0 Å². The third-order valence-electron chi connectivity index (χ3n) is 5.32. The van der Waals surface area contributed by atoms with Gasteiger partial charge in [0.05, 0.1) is 13.0 Å². The standard InChI is InChI=1S/C25H24N4O6/c1-15-13-20(30)23(32)24(34-15)18(16-6-8-17(33-2)9-7-16)14-21(31)27-12-10-22-28-25(29-35-22)19-5-3-4-11-26-19/h3-9,11,13,18,32H,10,12,14H2,1-2H3,(H,27,31). The van der Waals surface area contributed by atoms with Gasteiger partial charge in [-0.25, -0.2) is 0 Å². The number of benzene rings is 1. The van der Waals surface area contributed by atoms with Crippen LogP contribution in [0.4, 0.5) is 0 Å². The van der Waals surface area contributed by atoms with Crippen molar-refractivity contribution < 1.29 is 23.6 Å². The van der Waals surface area contributed by atoms with Gasteiger partial charge in [0.1, 0.15) is 17.2 Å². The van der Waals surface area contributed by atoms with E-state index in [1.807, 2.05) is 6.07 Å². The zero-order valence-electron chi connectivity index (χ0n) is 19.2. The summed E-state index contributed by atoms with van der Waals surface area (Å²) >= 11 is 0. The first kappa shape index (κ1) is 23.7. The predicted molar refractivity (Wildman–Crippen MR) is 125 cm³/mol. The van der Waals surface area contributed by atoms with Crippen molar-refractivity contribution in [3.05, 3.63) is 87.9 Å². The minimum Gasteiger partial charge on any atom is -0.502 e. The number of hydrogen-bond acceptors (Lipinski definition) is 9. The highest BCUT2D eigenvalue weighted by molar-refractivity contribution is 5.77. The number of rotatable bonds is 9. The second kappa shape index (κ2) is 10.6. The Morgan fingerprint density at radius 1 is 1.20 bits per heavy atom. The third kappa shape index (κ3) is 5.72. The van der Waals surface area contributed by atoms with Crippen molar-refractivity contribution in [3.63, 3.8) is 0 Å². The number of ether oxygens (including phenoxy) is 1. The number of aryl methyl sites for hydroxylation is 1. The molecule has 10 nitrogen and oxygen atoms in total. The van der Waals surface area contributed by atoms with E-state index in [1.165, 1.54) is 6.07 Å². The zero-order chi connectivity index (χ0) is 24.8. The number of aromatic hydroxyl groups is 1. The molecule has 0 bridgehead atoms. The van der Waals surface area contributed by atoms with Crippen LogP contribution in [-0.4, -0.2) is 39.8 Å². The molecule has 4 aromatic rings. The first-order valence-electron chi connectivity index (χ1n) is 10.9. The van der Waals surface area contributed by atoms with E-state index >= 15 is 0 Å². The first-order valence-corrected chi connectivity index (χ1v) is 10.9. The van der Waals surface area contributed by atoms with E-state index in [9.17, 15) is 14.7 Å². The lowest BCUT2D eigenvalue weighted by atomic mass is 9.91. The van der Waals surface area contributed by atoms with Crippen molar-refractivity contribution >= 4 is 5.91 Å². The fourth-order valence-corrected chi connectivity index (χ4v) is 3.58. The molecule has 0 saturated heterocycles. The van der Waals surface area contributed by atoms with Gasteiger partial charge in [0.2, 0.25) is 28.8 Å². The largest absolute Gasteiger partial charge is 0.502 e. The number of aromatic nitrogens is 3. The van der Waals surface area contributed by atoms with Crippen molar-refractivity contribution in [1.29, 1.82) is 0 Å². The fraction of sp³-hybridized carbons (Fsp3) is 0.240. The summed E-state index contributed by atoms with van der Waals surface area (Å²) in [4.78, 5) is 33.4. The number of nitrogens with one attached hydrogen (secondary N) is 1. The van der Waals surface area contributed by atoms with E-state index < -0.39 is 17.1 Å². The molecular weight excluding hydrogens is 452 g/mol. The molecule has 1 atom stereocenters. The molecule has 0 spiro atoms. The van der Waals surface area contributed by atoms with E-state index in [-0.39, 0.29) is 24.6 Å². The number of pyridine rings is 1. The smallest absolute Gasteiger partial charge is 0.228 e. The molecule has 10 heteroatoms. The Labute approximate surface area is 200 Å². The van der Waals surface area contributed by atoms with Crippen LogP contribution in [0, 0.1) is 6.92 Å². The summed E-state index contributed by atoms with van der Waals surface area (Å²) < 4.78 is 16.1. The van der Waals surface area contributed by atoms with Crippen LogP contribution in [0.5, 0.6) is 11.5 Å². The summed E-state index contributed by atoms with van der Waals surface area (Å²) in [5.41, 5.74) is 0.706. The summed E-state index contributed by atoms with van der Waals surface area (Å²) in [6.07, 6.45) is 1.90. The number of hydrogen-bond donors (Lipinski definition) is 2. The number of nitrogens with zero attached hydrogens (tertiary/aromatic N) is 3. The lowest BCUT2D eigenvalue weighted by Gasteiger charge is -2.18. The Kier molecular flexibility index (Phi) is 7.20. The monoisotopic (exact) mass is 476 g/mol. The Morgan fingerprint density at radius 3 is 2.71 bits per heavy atom. The van der Waals surface area contributed by atoms with E-state index in [2.05, 4.69) is 20.4 Å². The SMILES string of the molecule is COc1ccc(C(CC(=O)NCCc2nc(-c3ccccn3)no2)c2oc(C)cc(=O)c2O)cc1. The first-order chi connectivity index (χ1) is 16.9. The average Bonchev–Trinajstić information content (AvgIpc) is 3.34. The molecule has 0 aliphatic heterocycles. The van der Waals surface area contributed by atoms with Gasteiger partial charge in [-0.1, -0.05) is 23.4 Å². The molecule has 3 heterocycles. The van der Waals surface area contributed by atoms with E-state index in [4.69, 9.17) is 13.7 Å². The Hall–Kier alpha value is -4.47. The van der Waals surface area contributed by atoms with E-state index in [0.29, 0.717) is 40.9 Å². The zero-order valence-corrected chi connectivity index (χ0v) is 19.2. The van der Waals surface area contributed by atoms with Gasteiger partial charge in [0.25, 0.3) is 0 Å². The molecule has 0 aliphatic rings. The predicted octanol–water partition coefficient (Wildman–Crippen LogP) is 2.99. The van der Waals surface area contributed by atoms with Crippen molar-refractivity contribution in [3.8, 4) is 23.0 Å². The molecular formula is C25H24N4O6. The normalized spacial score (nSPS) is 11.7. The van der Waals surface area contributed by atoms with Crippen LogP contribution in [0.1, 0.15) is 35.3 Å². The molecule has 1 aromatic carbocycles. The van der Waals surface area contributed by atoms with Crippen LogP contribution in [0.15, 0.2) is 68.5 Å². The molecule has 1 amide bonds. The van der Waals surface area contributed by atoms with E-state index in [0.717, 1.165) is 0 Å². The number of carbonyl (C=O) groups excluding carboxylic acids is 1. The van der Waals surface area contributed by atoms with Gasteiger partial charge in [-0.3, -0.25) is 14.6 Å². The Morgan fingerprint density at radius 2 is 2.00 bits per heavy atom. The maximum atomic E-state index is 12.8. The topological polar surface area (TPSA) is 141 Å². The quantitative estimate of drug-likeness (QED) is 0.373. The highest BCUT2D eigenvalue weighted by Crippen LogP contribution is 2.33. The molecule has 0 radical (unpaired) electrons. The van der Waals surface area contributed by atoms with Gasteiger partial charge in [0, 0.05) is 31.6 Å². The molecule has 2 N–H and O–H groups in total. The molecule has 0 aliphatic carbocycles. The van der Waals surface area contributed by atoms with Crippen LogP contribution < -0.4 is 15.5 Å². The van der Waals surface area contributed by atoms with Gasteiger partial charge >= 0.3 is 0 Å². The highest BCUT2D eigenvalue weighted by Gasteiger charge is 2.26. The second-order valence-electron chi connectivity index (χ2n) is 7.79. The number of amides is 1. The van der Waals surface area contributed by atoms with Crippen molar-refractivity contribution in [1.82, 2.24) is 20.4 Å². The second-order valence-corrected chi connectivity index (χ2v) is 7.79. The van der Waals surface area contributed by atoms with Crippen LogP contribution >= 0.6 is 0 Å². The Balaban J connectivity index is 1.46. The summed E-state index contributed by atoms with van der Waals surface area (Å²) in [6, 6.07) is 13.6. The molecule has 4 rings (SSSR count). The summed E-state index contributed by atoms with van der Waals surface area (Å²) in [5.74, 6) is 0.227. The van der Waals surface area contributed by atoms with Gasteiger partial charge in [-0.15, -0.1) is 0 Å². The van der Waals surface area contributed by atoms with Gasteiger partial charge in [0.15, 0.2) is 5.76 Å². The fourth-order valence-electron chi connectivity index (χ4n) is 3.58. The molecule has 1 unspecified atom stereocenters. The minimum absolute atomic E-state index is 0.0345. The lowest BCUT2D eigenvalue weighted by Crippen LogP contribution is -2.27. The van der Waals surface area contributed by atoms with E-state index in [1.54, 1.807) is 56.6 Å². The maximum Gasteiger partial charge on any atom is 0.228 e. The van der Waals surface area contributed by atoms with Crippen LogP contribution in [0.25, 0.3) is 11.5 Å². The third-order valence-corrected chi connectivity index (χ3v) is 5.32. The summed E-state index contributed by atoms with van der Waals surface area (Å²) in [6.45, 7) is 1.86. The van der Waals surface area contributed by atoms with Crippen LogP contribution in [0.3, 0.4) is 0 Å². The molecule has 0 saturated carbocycles. The number of carbonyl (C=O) groups is 1. The molecule has 35 heavy (non-hydrogen) atoms. The van der Waals surface area contributed by atoms with Crippen LogP contribution in [-0.2, 0) is 11.2 Å². The number of methoxy groups -OCH3 is 1. The Bertz CT molecular complexity index is 1350. The highest BCUT2D eigenvalue weighted by atomic mass is 16.5. The molecule has 0 fully saturated rings. The molecule has 180 valence electrons. The average molecular weight is 476 g/mol.